The fourth-order valence-corrected chi connectivity index (χ4v) is 2.68. The van der Waals surface area contributed by atoms with Gasteiger partial charge in [-0.1, -0.05) is 15.9 Å². The third-order valence-electron chi connectivity index (χ3n) is 3.42. The lowest BCUT2D eigenvalue weighted by molar-refractivity contribution is 0.230. The molecule has 114 valence electrons. The van der Waals surface area contributed by atoms with Crippen molar-refractivity contribution >= 4 is 15.9 Å². The summed E-state index contributed by atoms with van der Waals surface area (Å²) in [6.07, 6.45) is 1.12. The Morgan fingerprint density at radius 2 is 1.95 bits per heavy atom. The molecule has 0 heterocycles. The van der Waals surface area contributed by atoms with Gasteiger partial charge in [0.05, 0.1) is 13.2 Å². The minimum Gasteiger partial charge on any atom is -0.496 e. The molecule has 0 aromatic heterocycles. The average Bonchev–Trinajstić information content (AvgIpc) is 2.39. The summed E-state index contributed by atoms with van der Waals surface area (Å²) < 4.78 is 6.51. The van der Waals surface area contributed by atoms with Gasteiger partial charge >= 0.3 is 0 Å². The molecule has 1 aromatic carbocycles. The van der Waals surface area contributed by atoms with Gasteiger partial charge in [0, 0.05) is 16.6 Å². The number of likely N-dealkylation sites (N-methyl/N-ethyl adjacent to an activating group) is 1. The second kappa shape index (κ2) is 8.62. The summed E-state index contributed by atoms with van der Waals surface area (Å²) in [6, 6.07) is 6.24. The Kier molecular flexibility index (Phi) is 7.51. The van der Waals surface area contributed by atoms with E-state index in [1.54, 1.807) is 7.11 Å². The first-order valence-corrected chi connectivity index (χ1v) is 7.67. The summed E-state index contributed by atoms with van der Waals surface area (Å²) in [4.78, 5) is 4.50. The van der Waals surface area contributed by atoms with Crippen LogP contribution in [0.25, 0.3) is 0 Å². The molecule has 5 heteroatoms. The SMILES string of the molecule is COc1ccc(Br)cc1C(CN)N(C)CCCN(C)C. The van der Waals surface area contributed by atoms with Crippen molar-refractivity contribution in [1.29, 1.82) is 0 Å². The Morgan fingerprint density at radius 1 is 1.25 bits per heavy atom. The van der Waals surface area contributed by atoms with E-state index in [0.717, 1.165) is 35.3 Å². The van der Waals surface area contributed by atoms with Gasteiger partial charge in [0.2, 0.25) is 0 Å². The van der Waals surface area contributed by atoms with Crippen molar-refractivity contribution in [3.05, 3.63) is 28.2 Å². The molecule has 1 unspecified atom stereocenters. The van der Waals surface area contributed by atoms with Gasteiger partial charge < -0.3 is 15.4 Å². The standard InChI is InChI=1S/C15H26BrN3O/c1-18(2)8-5-9-19(3)14(11-17)13-10-12(16)6-7-15(13)20-4/h6-7,10,14H,5,8-9,11,17H2,1-4H3. The smallest absolute Gasteiger partial charge is 0.123 e. The van der Waals surface area contributed by atoms with Crippen LogP contribution in [0.2, 0.25) is 0 Å². The lowest BCUT2D eigenvalue weighted by Crippen LogP contribution is -2.32. The quantitative estimate of drug-likeness (QED) is 0.786. The summed E-state index contributed by atoms with van der Waals surface area (Å²) in [7, 11) is 8.01. The van der Waals surface area contributed by atoms with E-state index in [4.69, 9.17) is 10.5 Å². The van der Waals surface area contributed by atoms with Crippen molar-refractivity contribution in [3.8, 4) is 5.75 Å². The summed E-state index contributed by atoms with van der Waals surface area (Å²) in [6.45, 7) is 2.66. The number of benzene rings is 1. The van der Waals surface area contributed by atoms with Crippen LogP contribution in [-0.2, 0) is 0 Å². The molecule has 0 spiro atoms. The Morgan fingerprint density at radius 3 is 2.50 bits per heavy atom. The van der Waals surface area contributed by atoms with Gasteiger partial charge in [-0.05, 0) is 58.9 Å². The highest BCUT2D eigenvalue weighted by molar-refractivity contribution is 9.10. The molecule has 0 radical (unpaired) electrons. The minimum atomic E-state index is 0.171. The van der Waals surface area contributed by atoms with Crippen LogP contribution in [0.3, 0.4) is 0 Å². The number of halogens is 1. The Bertz CT molecular complexity index is 412. The summed E-state index contributed by atoms with van der Waals surface area (Å²) in [5, 5.41) is 0. The number of rotatable bonds is 8. The Balaban J connectivity index is 2.81. The van der Waals surface area contributed by atoms with Crippen LogP contribution in [0.15, 0.2) is 22.7 Å². The van der Waals surface area contributed by atoms with E-state index in [-0.39, 0.29) is 6.04 Å². The summed E-state index contributed by atoms with van der Waals surface area (Å²) in [5.41, 5.74) is 7.12. The zero-order valence-electron chi connectivity index (χ0n) is 12.9. The highest BCUT2D eigenvalue weighted by atomic mass is 79.9. The lowest BCUT2D eigenvalue weighted by Gasteiger charge is -2.29. The van der Waals surface area contributed by atoms with E-state index in [1.807, 2.05) is 12.1 Å². The maximum absolute atomic E-state index is 5.99. The molecular formula is C15H26BrN3O. The van der Waals surface area contributed by atoms with Gasteiger partial charge in [-0.25, -0.2) is 0 Å². The molecule has 20 heavy (non-hydrogen) atoms. The molecular weight excluding hydrogens is 318 g/mol. The molecule has 0 saturated heterocycles. The largest absolute Gasteiger partial charge is 0.496 e. The normalized spacial score (nSPS) is 13.0. The van der Waals surface area contributed by atoms with Crippen molar-refractivity contribution in [1.82, 2.24) is 9.80 Å². The summed E-state index contributed by atoms with van der Waals surface area (Å²) in [5.74, 6) is 0.892. The molecule has 1 aromatic rings. The average molecular weight is 344 g/mol. The predicted molar refractivity (Wildman–Crippen MR) is 88.3 cm³/mol. The molecule has 0 aliphatic heterocycles. The number of ether oxygens (including phenoxy) is 1. The Labute approximate surface area is 131 Å². The van der Waals surface area contributed by atoms with E-state index < -0.39 is 0 Å². The number of methoxy groups -OCH3 is 1. The van der Waals surface area contributed by atoms with Gasteiger partial charge in [-0.2, -0.15) is 0 Å². The van der Waals surface area contributed by atoms with E-state index in [9.17, 15) is 0 Å². The second-order valence-corrected chi connectivity index (χ2v) is 6.19. The maximum Gasteiger partial charge on any atom is 0.123 e. The van der Waals surface area contributed by atoms with Crippen LogP contribution >= 0.6 is 15.9 Å². The van der Waals surface area contributed by atoms with E-state index in [1.165, 1.54) is 0 Å². The number of nitrogens with two attached hydrogens (primary N) is 1. The van der Waals surface area contributed by atoms with Crippen molar-refractivity contribution < 1.29 is 4.74 Å². The van der Waals surface area contributed by atoms with Crippen molar-refractivity contribution in [3.63, 3.8) is 0 Å². The fraction of sp³-hybridized carbons (Fsp3) is 0.600. The zero-order chi connectivity index (χ0) is 15.1. The molecule has 0 saturated carbocycles. The lowest BCUT2D eigenvalue weighted by atomic mass is 10.0. The molecule has 0 fully saturated rings. The van der Waals surface area contributed by atoms with Crippen LogP contribution < -0.4 is 10.5 Å². The van der Waals surface area contributed by atoms with Crippen LogP contribution in [0.5, 0.6) is 5.75 Å². The third-order valence-corrected chi connectivity index (χ3v) is 3.92. The highest BCUT2D eigenvalue weighted by Gasteiger charge is 2.19. The maximum atomic E-state index is 5.99. The molecule has 2 N–H and O–H groups in total. The molecule has 1 atom stereocenters. The van der Waals surface area contributed by atoms with Crippen molar-refractivity contribution in [2.45, 2.75) is 12.5 Å². The predicted octanol–water partition coefficient (Wildman–Crippen LogP) is 2.34. The monoisotopic (exact) mass is 343 g/mol. The van der Waals surface area contributed by atoms with E-state index in [0.29, 0.717) is 6.54 Å². The topological polar surface area (TPSA) is 41.7 Å². The minimum absolute atomic E-state index is 0.171. The van der Waals surface area contributed by atoms with Gasteiger partial charge in [0.15, 0.2) is 0 Å². The van der Waals surface area contributed by atoms with Crippen LogP contribution in [0, 0.1) is 0 Å². The number of nitrogens with zero attached hydrogens (tertiary/aromatic N) is 2. The second-order valence-electron chi connectivity index (χ2n) is 5.28. The summed E-state index contributed by atoms with van der Waals surface area (Å²) >= 11 is 3.52. The van der Waals surface area contributed by atoms with E-state index in [2.05, 4.69) is 52.9 Å². The molecule has 0 aliphatic carbocycles. The fourth-order valence-electron chi connectivity index (χ4n) is 2.30. The van der Waals surface area contributed by atoms with Crippen molar-refractivity contribution in [2.24, 2.45) is 5.73 Å². The van der Waals surface area contributed by atoms with Gasteiger partial charge in [0.1, 0.15) is 5.75 Å². The molecule has 1 rings (SSSR count). The van der Waals surface area contributed by atoms with Crippen LogP contribution in [0.1, 0.15) is 18.0 Å². The number of hydrogen-bond acceptors (Lipinski definition) is 4. The van der Waals surface area contributed by atoms with Gasteiger partial charge in [-0.3, -0.25) is 4.90 Å². The number of hydrogen-bond donors (Lipinski definition) is 1. The third kappa shape index (κ3) is 5.05. The Hall–Kier alpha value is -0.620. The first-order valence-electron chi connectivity index (χ1n) is 6.88. The molecule has 0 amide bonds. The first-order chi connectivity index (χ1) is 9.49. The molecule has 4 nitrogen and oxygen atoms in total. The van der Waals surface area contributed by atoms with Crippen LogP contribution in [-0.4, -0.2) is 57.7 Å². The highest BCUT2D eigenvalue weighted by Crippen LogP contribution is 2.30. The molecule has 0 bridgehead atoms. The first kappa shape index (κ1) is 17.4. The van der Waals surface area contributed by atoms with Crippen LogP contribution in [0.4, 0.5) is 0 Å². The zero-order valence-corrected chi connectivity index (χ0v) is 14.5. The van der Waals surface area contributed by atoms with Crippen molar-refractivity contribution in [2.75, 3.05) is 47.9 Å². The van der Waals surface area contributed by atoms with Gasteiger partial charge in [0.25, 0.3) is 0 Å². The van der Waals surface area contributed by atoms with E-state index >= 15 is 0 Å². The van der Waals surface area contributed by atoms with Gasteiger partial charge in [-0.15, -0.1) is 0 Å². The molecule has 0 aliphatic rings.